The minimum atomic E-state index is -3.29. The quantitative estimate of drug-likeness (QED) is 0.582. The van der Waals surface area contributed by atoms with Gasteiger partial charge in [0.25, 0.3) is 0 Å². The van der Waals surface area contributed by atoms with Crippen LogP contribution in [0.5, 0.6) is 0 Å². The van der Waals surface area contributed by atoms with E-state index in [2.05, 4.69) is 20.3 Å². The summed E-state index contributed by atoms with van der Waals surface area (Å²) in [6.07, 6.45) is 7.34. The summed E-state index contributed by atoms with van der Waals surface area (Å²) in [6, 6.07) is 10.7. The van der Waals surface area contributed by atoms with Gasteiger partial charge in [-0.05, 0) is 30.3 Å². The maximum absolute atomic E-state index is 11.8. The minimum absolute atomic E-state index is 0.253. The summed E-state index contributed by atoms with van der Waals surface area (Å²) in [4.78, 5) is 13.3. The zero-order valence-electron chi connectivity index (χ0n) is 14.1. The number of aromatic nitrogens is 4. The van der Waals surface area contributed by atoms with E-state index in [0.717, 1.165) is 17.8 Å². The van der Waals surface area contributed by atoms with Gasteiger partial charge in [0.05, 0.1) is 16.1 Å². The molecule has 0 aliphatic rings. The lowest BCUT2D eigenvalue weighted by molar-refractivity contribution is 0.602. The molecule has 7 nitrogen and oxygen atoms in total. The number of hydrogen-bond donors (Lipinski definition) is 1. The molecule has 0 unspecified atom stereocenters. The number of rotatable bonds is 5. The Bertz CT molecular complexity index is 1170. The van der Waals surface area contributed by atoms with Crippen LogP contribution >= 0.6 is 0 Å². The third-order valence-electron chi connectivity index (χ3n) is 4.12. The predicted octanol–water partition coefficient (Wildman–Crippen LogP) is 2.34. The van der Waals surface area contributed by atoms with E-state index < -0.39 is 9.84 Å². The van der Waals surface area contributed by atoms with Crippen LogP contribution in [0.4, 0.5) is 5.82 Å². The van der Waals surface area contributed by atoms with Crippen LogP contribution in [0, 0.1) is 0 Å². The van der Waals surface area contributed by atoms with Crippen molar-refractivity contribution in [1.29, 1.82) is 0 Å². The topological polar surface area (TPSA) is 89.2 Å². The highest BCUT2D eigenvalue weighted by atomic mass is 32.2. The Labute approximate surface area is 150 Å². The van der Waals surface area contributed by atoms with E-state index in [1.165, 1.54) is 12.6 Å². The Hall–Kier alpha value is -3.00. The minimum Gasteiger partial charge on any atom is -0.369 e. The highest BCUT2D eigenvalue weighted by Crippen LogP contribution is 2.23. The molecule has 26 heavy (non-hydrogen) atoms. The molecule has 0 fully saturated rings. The molecule has 4 aromatic rings. The number of sulfone groups is 1. The van der Waals surface area contributed by atoms with Crippen LogP contribution in [0.15, 0.2) is 60.0 Å². The molecule has 0 spiro atoms. The molecule has 0 saturated heterocycles. The second-order valence-electron chi connectivity index (χ2n) is 6.05. The Morgan fingerprint density at radius 2 is 2.04 bits per heavy atom. The molecule has 0 atom stereocenters. The lowest BCUT2D eigenvalue weighted by Gasteiger charge is -2.08. The van der Waals surface area contributed by atoms with Gasteiger partial charge in [0.1, 0.15) is 17.8 Å². The summed E-state index contributed by atoms with van der Waals surface area (Å²) in [5.74, 6) is 0.615. The molecule has 3 heterocycles. The summed E-state index contributed by atoms with van der Waals surface area (Å²) < 4.78 is 25.6. The predicted molar refractivity (Wildman–Crippen MR) is 100 cm³/mol. The van der Waals surface area contributed by atoms with Crippen molar-refractivity contribution in [3.05, 3.63) is 60.8 Å². The number of imidazole rings is 1. The van der Waals surface area contributed by atoms with Crippen LogP contribution < -0.4 is 5.32 Å². The van der Waals surface area contributed by atoms with E-state index in [4.69, 9.17) is 0 Å². The Morgan fingerprint density at radius 1 is 1.15 bits per heavy atom. The van der Waals surface area contributed by atoms with E-state index in [0.29, 0.717) is 23.3 Å². The van der Waals surface area contributed by atoms with Crippen molar-refractivity contribution in [2.24, 2.45) is 0 Å². The lowest BCUT2D eigenvalue weighted by atomic mass is 10.2. The summed E-state index contributed by atoms with van der Waals surface area (Å²) in [5.41, 5.74) is 2.58. The summed E-state index contributed by atoms with van der Waals surface area (Å²) in [6.45, 7) is 0.624. The maximum atomic E-state index is 11.8. The van der Waals surface area contributed by atoms with Gasteiger partial charge in [-0.1, -0.05) is 6.07 Å². The largest absolute Gasteiger partial charge is 0.369 e. The molecule has 0 saturated carbocycles. The zero-order valence-corrected chi connectivity index (χ0v) is 14.9. The van der Waals surface area contributed by atoms with Crippen molar-refractivity contribution in [3.63, 3.8) is 0 Å². The van der Waals surface area contributed by atoms with E-state index in [1.54, 1.807) is 18.2 Å². The molecule has 0 radical (unpaired) electrons. The van der Waals surface area contributed by atoms with Crippen molar-refractivity contribution in [2.75, 3.05) is 18.1 Å². The SMILES string of the molecule is CS(=O)(=O)c1ccc2ncnc(NCCc3cn4ccccc4n3)c2c1. The van der Waals surface area contributed by atoms with Crippen molar-refractivity contribution in [3.8, 4) is 0 Å². The summed E-state index contributed by atoms with van der Waals surface area (Å²) >= 11 is 0. The van der Waals surface area contributed by atoms with Crippen LogP contribution in [0.3, 0.4) is 0 Å². The first-order chi connectivity index (χ1) is 12.5. The zero-order chi connectivity index (χ0) is 18.1. The third kappa shape index (κ3) is 3.23. The van der Waals surface area contributed by atoms with Gasteiger partial charge in [-0.15, -0.1) is 0 Å². The second kappa shape index (κ2) is 6.38. The van der Waals surface area contributed by atoms with Crippen molar-refractivity contribution in [2.45, 2.75) is 11.3 Å². The smallest absolute Gasteiger partial charge is 0.175 e. The molecule has 4 rings (SSSR count). The molecule has 132 valence electrons. The van der Waals surface area contributed by atoms with Crippen LogP contribution in [0.1, 0.15) is 5.69 Å². The number of benzene rings is 1. The van der Waals surface area contributed by atoms with Gasteiger partial charge in [0.2, 0.25) is 0 Å². The van der Waals surface area contributed by atoms with E-state index in [-0.39, 0.29) is 4.90 Å². The van der Waals surface area contributed by atoms with E-state index >= 15 is 0 Å². The molecule has 0 bridgehead atoms. The molecule has 0 amide bonds. The molecule has 1 aromatic carbocycles. The van der Waals surface area contributed by atoms with Gasteiger partial charge in [0, 0.05) is 37.0 Å². The highest BCUT2D eigenvalue weighted by Gasteiger charge is 2.11. The number of anilines is 1. The van der Waals surface area contributed by atoms with Crippen molar-refractivity contribution < 1.29 is 8.42 Å². The van der Waals surface area contributed by atoms with Gasteiger partial charge in [-0.25, -0.2) is 23.4 Å². The van der Waals surface area contributed by atoms with Gasteiger partial charge in [0.15, 0.2) is 9.84 Å². The van der Waals surface area contributed by atoms with Crippen LogP contribution in [0.2, 0.25) is 0 Å². The van der Waals surface area contributed by atoms with E-state index in [9.17, 15) is 8.42 Å². The number of nitrogens with one attached hydrogen (secondary N) is 1. The van der Waals surface area contributed by atoms with Crippen molar-refractivity contribution in [1.82, 2.24) is 19.4 Å². The third-order valence-corrected chi connectivity index (χ3v) is 5.23. The van der Waals surface area contributed by atoms with Gasteiger partial charge >= 0.3 is 0 Å². The normalized spacial score (nSPS) is 11.9. The fraction of sp³-hybridized carbons (Fsp3) is 0.167. The van der Waals surface area contributed by atoms with Crippen LogP contribution in [0.25, 0.3) is 16.6 Å². The Morgan fingerprint density at radius 3 is 2.85 bits per heavy atom. The summed E-state index contributed by atoms with van der Waals surface area (Å²) in [5, 5.41) is 3.95. The number of fused-ring (bicyclic) bond motifs is 2. The molecule has 0 aliphatic heterocycles. The molecular formula is C18H17N5O2S. The van der Waals surface area contributed by atoms with Crippen LogP contribution in [-0.2, 0) is 16.3 Å². The molecule has 0 aliphatic carbocycles. The van der Waals surface area contributed by atoms with Crippen molar-refractivity contribution >= 4 is 32.2 Å². The fourth-order valence-electron chi connectivity index (χ4n) is 2.82. The number of hydrogen-bond acceptors (Lipinski definition) is 6. The second-order valence-corrected chi connectivity index (χ2v) is 8.06. The lowest BCUT2D eigenvalue weighted by Crippen LogP contribution is -2.07. The van der Waals surface area contributed by atoms with Gasteiger partial charge in [-0.2, -0.15) is 0 Å². The first kappa shape index (κ1) is 16.5. The fourth-order valence-corrected chi connectivity index (χ4v) is 3.47. The first-order valence-corrected chi connectivity index (χ1v) is 10.0. The number of nitrogens with zero attached hydrogens (tertiary/aromatic N) is 4. The first-order valence-electron chi connectivity index (χ1n) is 8.12. The van der Waals surface area contributed by atoms with Gasteiger partial charge in [-0.3, -0.25) is 0 Å². The standard InChI is InChI=1S/C18H17N5O2S/c1-26(24,25)14-5-6-16-15(10-14)18(21-12-20-16)19-8-7-13-11-23-9-3-2-4-17(23)22-13/h2-6,9-12H,7-8H2,1H3,(H,19,20,21). The average Bonchev–Trinajstić information content (AvgIpc) is 3.03. The molecule has 3 aromatic heterocycles. The monoisotopic (exact) mass is 367 g/mol. The average molecular weight is 367 g/mol. The van der Waals surface area contributed by atoms with Gasteiger partial charge < -0.3 is 9.72 Å². The highest BCUT2D eigenvalue weighted by molar-refractivity contribution is 7.90. The Balaban J connectivity index is 1.56. The summed E-state index contributed by atoms with van der Waals surface area (Å²) in [7, 11) is -3.29. The Kier molecular flexibility index (Phi) is 4.04. The molecule has 8 heteroatoms. The van der Waals surface area contributed by atoms with Crippen LogP contribution in [-0.4, -0.2) is 40.6 Å². The number of pyridine rings is 1. The van der Waals surface area contributed by atoms with E-state index in [1.807, 2.05) is 35.0 Å². The maximum Gasteiger partial charge on any atom is 0.175 e. The molecular weight excluding hydrogens is 350 g/mol. The molecule has 1 N–H and O–H groups in total.